The molecule has 0 atom stereocenters. The molecule has 6 heteroatoms. The fourth-order valence-electron chi connectivity index (χ4n) is 1.27. The predicted octanol–water partition coefficient (Wildman–Crippen LogP) is 1.07. The number of nitrogens with zero attached hydrogens (tertiary/aromatic N) is 2. The third-order valence-corrected chi connectivity index (χ3v) is 2.89. The van der Waals surface area contributed by atoms with E-state index in [-0.39, 0.29) is 5.69 Å². The molecule has 0 aliphatic heterocycles. The summed E-state index contributed by atoms with van der Waals surface area (Å²) >= 11 is 1.44. The molecule has 2 N–H and O–H groups in total. The summed E-state index contributed by atoms with van der Waals surface area (Å²) in [6.45, 7) is 1.91. The third-order valence-electron chi connectivity index (χ3n) is 1.95. The van der Waals surface area contributed by atoms with Crippen LogP contribution in [0.4, 0.5) is 5.82 Å². The Hall–Kier alpha value is -1.56. The predicted molar refractivity (Wildman–Crippen MR) is 53.6 cm³/mol. The smallest absolute Gasteiger partial charge is 0.360 e. The number of anilines is 1. The van der Waals surface area contributed by atoms with E-state index < -0.39 is 5.97 Å². The lowest BCUT2D eigenvalue weighted by Crippen LogP contribution is -2.06. The maximum absolute atomic E-state index is 11.2. The van der Waals surface area contributed by atoms with Crippen molar-refractivity contribution in [1.82, 2.24) is 9.38 Å². The first-order chi connectivity index (χ1) is 6.65. The van der Waals surface area contributed by atoms with Crippen molar-refractivity contribution in [2.75, 3.05) is 12.8 Å². The quantitative estimate of drug-likeness (QED) is 0.716. The number of aryl methyl sites for hydroxylation is 1. The van der Waals surface area contributed by atoms with Gasteiger partial charge in [-0.25, -0.2) is 9.78 Å². The van der Waals surface area contributed by atoms with Crippen LogP contribution in [0.2, 0.25) is 0 Å². The van der Waals surface area contributed by atoms with Gasteiger partial charge >= 0.3 is 5.97 Å². The van der Waals surface area contributed by atoms with Crippen LogP contribution in [0.15, 0.2) is 5.38 Å². The molecule has 2 rings (SSSR count). The van der Waals surface area contributed by atoms with Crippen LogP contribution < -0.4 is 5.73 Å². The van der Waals surface area contributed by atoms with E-state index >= 15 is 0 Å². The molecule has 0 radical (unpaired) electrons. The van der Waals surface area contributed by atoms with Crippen molar-refractivity contribution in [2.24, 2.45) is 0 Å². The molecule has 2 heterocycles. The summed E-state index contributed by atoms with van der Waals surface area (Å²) in [5.74, 6) is -0.164. The molecule has 0 aromatic carbocycles. The standard InChI is InChI=1S/C8H9N3O2S/c1-4-3-14-8-10-5(7(12)13-2)6(9)11(4)8/h3H,9H2,1-2H3. The lowest BCUT2D eigenvalue weighted by atomic mass is 10.4. The number of thiazole rings is 1. The average Bonchev–Trinajstić information content (AvgIpc) is 2.68. The Morgan fingerprint density at radius 3 is 3.00 bits per heavy atom. The van der Waals surface area contributed by atoms with Crippen LogP contribution in [-0.2, 0) is 4.74 Å². The number of fused-ring (bicyclic) bond motifs is 1. The topological polar surface area (TPSA) is 69.6 Å². The summed E-state index contributed by atoms with van der Waals surface area (Å²) in [4.78, 5) is 16.0. The SMILES string of the molecule is COC(=O)c1nc2scc(C)n2c1N. The number of nitrogen functional groups attached to an aromatic ring is 1. The van der Waals surface area contributed by atoms with Crippen LogP contribution in [0.5, 0.6) is 0 Å². The van der Waals surface area contributed by atoms with E-state index in [0.717, 1.165) is 5.69 Å². The number of rotatable bonds is 1. The maximum atomic E-state index is 11.2. The first-order valence-corrected chi connectivity index (χ1v) is 4.83. The normalized spacial score (nSPS) is 10.7. The molecule has 0 fully saturated rings. The van der Waals surface area contributed by atoms with Crippen LogP contribution in [0.25, 0.3) is 4.96 Å². The van der Waals surface area contributed by atoms with Gasteiger partial charge in [0.2, 0.25) is 0 Å². The first kappa shape index (κ1) is 9.01. The van der Waals surface area contributed by atoms with Crippen molar-refractivity contribution >= 4 is 28.1 Å². The number of aromatic nitrogens is 2. The van der Waals surface area contributed by atoms with Gasteiger partial charge in [-0.15, -0.1) is 11.3 Å². The number of ether oxygens (including phenoxy) is 1. The number of nitrogens with two attached hydrogens (primary N) is 1. The van der Waals surface area contributed by atoms with Crippen molar-refractivity contribution in [3.63, 3.8) is 0 Å². The molecule has 0 spiro atoms. The molecule has 0 aliphatic rings. The van der Waals surface area contributed by atoms with Gasteiger partial charge in [-0.3, -0.25) is 4.40 Å². The van der Waals surface area contributed by atoms with Crippen LogP contribution in [0.1, 0.15) is 16.2 Å². The van der Waals surface area contributed by atoms with E-state index in [0.29, 0.717) is 10.8 Å². The van der Waals surface area contributed by atoms with Crippen LogP contribution in [-0.4, -0.2) is 22.5 Å². The van der Waals surface area contributed by atoms with Crippen molar-refractivity contribution in [3.05, 3.63) is 16.8 Å². The Morgan fingerprint density at radius 1 is 1.71 bits per heavy atom. The number of carbonyl (C=O) groups excluding carboxylic acids is 1. The Bertz CT molecular complexity index is 500. The minimum Gasteiger partial charge on any atom is -0.464 e. The third kappa shape index (κ3) is 1.07. The Labute approximate surface area is 84.1 Å². The van der Waals surface area contributed by atoms with Gasteiger partial charge in [0.15, 0.2) is 10.7 Å². The number of hydrogen-bond donors (Lipinski definition) is 1. The van der Waals surface area contributed by atoms with Gasteiger partial charge in [-0.05, 0) is 6.92 Å². The molecule has 0 amide bonds. The molecular formula is C8H9N3O2S. The minimum absolute atomic E-state index is 0.183. The number of hydrogen-bond acceptors (Lipinski definition) is 5. The second-order valence-electron chi connectivity index (χ2n) is 2.83. The van der Waals surface area contributed by atoms with Crippen molar-refractivity contribution in [3.8, 4) is 0 Å². The van der Waals surface area contributed by atoms with E-state index in [1.54, 1.807) is 4.40 Å². The van der Waals surface area contributed by atoms with E-state index in [1.165, 1.54) is 18.4 Å². The molecule has 14 heavy (non-hydrogen) atoms. The number of esters is 1. The van der Waals surface area contributed by atoms with E-state index in [4.69, 9.17) is 5.73 Å². The molecule has 0 saturated heterocycles. The molecule has 74 valence electrons. The second-order valence-corrected chi connectivity index (χ2v) is 3.67. The molecule has 2 aromatic rings. The molecule has 2 aromatic heterocycles. The number of methoxy groups -OCH3 is 1. The van der Waals surface area contributed by atoms with Crippen molar-refractivity contribution in [1.29, 1.82) is 0 Å². The average molecular weight is 211 g/mol. The second kappa shape index (κ2) is 2.98. The molecule has 0 unspecified atom stereocenters. The van der Waals surface area contributed by atoms with Crippen molar-refractivity contribution in [2.45, 2.75) is 6.92 Å². The zero-order valence-electron chi connectivity index (χ0n) is 7.77. The van der Waals surface area contributed by atoms with E-state index in [2.05, 4.69) is 9.72 Å². The summed E-state index contributed by atoms with van der Waals surface area (Å²) in [6, 6.07) is 0. The van der Waals surface area contributed by atoms with E-state index in [1.807, 2.05) is 12.3 Å². The summed E-state index contributed by atoms with van der Waals surface area (Å²) < 4.78 is 6.30. The highest BCUT2D eigenvalue weighted by Crippen LogP contribution is 2.22. The zero-order valence-corrected chi connectivity index (χ0v) is 8.59. The monoisotopic (exact) mass is 211 g/mol. The highest BCUT2D eigenvalue weighted by Gasteiger charge is 2.18. The van der Waals surface area contributed by atoms with Gasteiger partial charge in [0, 0.05) is 11.1 Å². The van der Waals surface area contributed by atoms with Crippen molar-refractivity contribution < 1.29 is 9.53 Å². The van der Waals surface area contributed by atoms with Crippen LogP contribution in [0, 0.1) is 6.92 Å². The van der Waals surface area contributed by atoms with Gasteiger partial charge in [0.25, 0.3) is 0 Å². The summed E-state index contributed by atoms with van der Waals surface area (Å²) in [7, 11) is 1.31. The minimum atomic E-state index is -0.502. The van der Waals surface area contributed by atoms with Crippen LogP contribution >= 0.6 is 11.3 Å². The zero-order chi connectivity index (χ0) is 10.3. The Balaban J connectivity index is 2.69. The molecule has 0 bridgehead atoms. The Kier molecular flexibility index (Phi) is 1.92. The van der Waals surface area contributed by atoms with Crippen LogP contribution in [0.3, 0.4) is 0 Å². The van der Waals surface area contributed by atoms with Gasteiger partial charge in [-0.2, -0.15) is 0 Å². The first-order valence-electron chi connectivity index (χ1n) is 3.95. The maximum Gasteiger partial charge on any atom is 0.360 e. The summed E-state index contributed by atoms with van der Waals surface area (Å²) in [5, 5.41) is 1.93. The fraction of sp³-hybridized carbons (Fsp3) is 0.250. The Morgan fingerprint density at radius 2 is 2.43 bits per heavy atom. The molecule has 5 nitrogen and oxygen atoms in total. The summed E-state index contributed by atoms with van der Waals surface area (Å²) in [6.07, 6.45) is 0. The van der Waals surface area contributed by atoms with Gasteiger partial charge in [0.1, 0.15) is 5.82 Å². The highest BCUT2D eigenvalue weighted by atomic mass is 32.1. The molecular weight excluding hydrogens is 202 g/mol. The largest absolute Gasteiger partial charge is 0.464 e. The fourth-order valence-corrected chi connectivity index (χ4v) is 2.14. The van der Waals surface area contributed by atoms with Gasteiger partial charge in [0.05, 0.1) is 7.11 Å². The number of carbonyl (C=O) groups is 1. The number of imidazole rings is 1. The summed E-state index contributed by atoms with van der Waals surface area (Å²) in [5.41, 5.74) is 6.91. The molecule has 0 saturated carbocycles. The van der Waals surface area contributed by atoms with Gasteiger partial charge in [-0.1, -0.05) is 0 Å². The van der Waals surface area contributed by atoms with Gasteiger partial charge < -0.3 is 10.5 Å². The lowest BCUT2D eigenvalue weighted by molar-refractivity contribution is 0.0596. The highest BCUT2D eigenvalue weighted by molar-refractivity contribution is 7.15. The lowest BCUT2D eigenvalue weighted by Gasteiger charge is -1.96. The van der Waals surface area contributed by atoms with E-state index in [9.17, 15) is 4.79 Å². The molecule has 0 aliphatic carbocycles.